The van der Waals surface area contributed by atoms with Gasteiger partial charge in [0, 0.05) is 18.2 Å². The first kappa shape index (κ1) is 16.8. The van der Waals surface area contributed by atoms with Crippen LogP contribution in [0.5, 0.6) is 0 Å². The summed E-state index contributed by atoms with van der Waals surface area (Å²) in [7, 11) is 0. The van der Waals surface area contributed by atoms with Gasteiger partial charge in [-0.25, -0.2) is 13.2 Å². The standard InChI is InChI=1S/C15H12F3N3OS/c16-11-3-1-9(2-4-11)8-19-15(23)21-20-14(22)10-5-12(17)7-13(18)6-10/h1-7H,8H2,(H,20,22)(H2,19,21,23). The van der Waals surface area contributed by atoms with Crippen LogP contribution in [0.2, 0.25) is 0 Å². The van der Waals surface area contributed by atoms with E-state index in [9.17, 15) is 18.0 Å². The number of hydrogen-bond donors (Lipinski definition) is 3. The molecule has 0 aliphatic carbocycles. The Kier molecular flexibility index (Phi) is 5.53. The van der Waals surface area contributed by atoms with E-state index in [1.807, 2.05) is 0 Å². The number of carbonyl (C=O) groups excluding carboxylic acids is 1. The lowest BCUT2D eigenvalue weighted by molar-refractivity contribution is 0.0942. The van der Waals surface area contributed by atoms with Crippen LogP contribution in [0.4, 0.5) is 13.2 Å². The van der Waals surface area contributed by atoms with Crippen LogP contribution in [0, 0.1) is 17.5 Å². The zero-order valence-electron chi connectivity index (χ0n) is 11.7. The fourth-order valence-corrected chi connectivity index (χ4v) is 1.82. The molecule has 0 aliphatic rings. The average Bonchev–Trinajstić information content (AvgIpc) is 2.51. The molecule has 0 unspecified atom stereocenters. The van der Waals surface area contributed by atoms with Crippen LogP contribution in [0.15, 0.2) is 42.5 Å². The summed E-state index contributed by atoms with van der Waals surface area (Å²) in [4.78, 5) is 11.7. The summed E-state index contributed by atoms with van der Waals surface area (Å²) < 4.78 is 38.8. The molecule has 0 radical (unpaired) electrons. The predicted molar refractivity (Wildman–Crippen MR) is 82.8 cm³/mol. The van der Waals surface area contributed by atoms with Gasteiger partial charge in [-0.3, -0.25) is 15.6 Å². The van der Waals surface area contributed by atoms with Crippen LogP contribution in [-0.2, 0) is 6.54 Å². The zero-order chi connectivity index (χ0) is 16.8. The quantitative estimate of drug-likeness (QED) is 0.594. The first-order chi connectivity index (χ1) is 10.9. The molecule has 2 aromatic rings. The van der Waals surface area contributed by atoms with E-state index < -0.39 is 17.5 Å². The lowest BCUT2D eigenvalue weighted by Crippen LogP contribution is -2.46. The van der Waals surface area contributed by atoms with Crippen molar-refractivity contribution in [2.45, 2.75) is 6.54 Å². The van der Waals surface area contributed by atoms with Gasteiger partial charge in [0.05, 0.1) is 0 Å². The Morgan fingerprint density at radius 2 is 1.52 bits per heavy atom. The van der Waals surface area contributed by atoms with E-state index >= 15 is 0 Å². The molecule has 2 aromatic carbocycles. The van der Waals surface area contributed by atoms with Crippen LogP contribution >= 0.6 is 12.2 Å². The normalized spacial score (nSPS) is 10.0. The van der Waals surface area contributed by atoms with Gasteiger partial charge < -0.3 is 5.32 Å². The van der Waals surface area contributed by atoms with Gasteiger partial charge in [-0.1, -0.05) is 12.1 Å². The summed E-state index contributed by atoms with van der Waals surface area (Å²) >= 11 is 4.94. The van der Waals surface area contributed by atoms with E-state index in [4.69, 9.17) is 12.2 Å². The van der Waals surface area contributed by atoms with E-state index in [2.05, 4.69) is 16.2 Å². The number of halogens is 3. The molecular formula is C15H12F3N3OS. The van der Waals surface area contributed by atoms with Gasteiger partial charge in [-0.15, -0.1) is 0 Å². The molecule has 0 heterocycles. The Labute approximate surface area is 135 Å². The fourth-order valence-electron chi connectivity index (χ4n) is 1.70. The molecule has 0 fully saturated rings. The van der Waals surface area contributed by atoms with Gasteiger partial charge in [0.15, 0.2) is 5.11 Å². The van der Waals surface area contributed by atoms with Crippen molar-refractivity contribution >= 4 is 23.2 Å². The van der Waals surface area contributed by atoms with Crippen molar-refractivity contribution in [2.75, 3.05) is 0 Å². The maximum Gasteiger partial charge on any atom is 0.269 e. The smallest absolute Gasteiger partial charge is 0.269 e. The summed E-state index contributed by atoms with van der Waals surface area (Å²) in [6.07, 6.45) is 0. The monoisotopic (exact) mass is 339 g/mol. The Morgan fingerprint density at radius 3 is 2.13 bits per heavy atom. The van der Waals surface area contributed by atoms with Gasteiger partial charge in [-0.05, 0) is 42.0 Å². The Morgan fingerprint density at radius 1 is 0.913 bits per heavy atom. The van der Waals surface area contributed by atoms with Crippen LogP contribution in [0.1, 0.15) is 15.9 Å². The molecule has 8 heteroatoms. The summed E-state index contributed by atoms with van der Waals surface area (Å²) in [5, 5.41) is 2.88. The van der Waals surface area contributed by atoms with Gasteiger partial charge >= 0.3 is 0 Å². The maximum absolute atomic E-state index is 13.0. The predicted octanol–water partition coefficient (Wildman–Crippen LogP) is 2.41. The molecular weight excluding hydrogens is 327 g/mol. The summed E-state index contributed by atoms with van der Waals surface area (Å²) in [5.41, 5.74) is 5.22. The fraction of sp³-hybridized carbons (Fsp3) is 0.0667. The molecule has 1 amide bonds. The second-order valence-corrected chi connectivity index (χ2v) is 4.95. The molecule has 2 rings (SSSR count). The van der Waals surface area contributed by atoms with Crippen LogP contribution < -0.4 is 16.2 Å². The molecule has 3 N–H and O–H groups in total. The number of carbonyl (C=O) groups is 1. The van der Waals surface area contributed by atoms with E-state index in [-0.39, 0.29) is 16.5 Å². The third kappa shape index (κ3) is 5.26. The van der Waals surface area contributed by atoms with Crippen molar-refractivity contribution in [2.24, 2.45) is 0 Å². The van der Waals surface area contributed by atoms with E-state index in [0.29, 0.717) is 12.6 Å². The molecule has 0 spiro atoms. The van der Waals surface area contributed by atoms with E-state index in [1.165, 1.54) is 12.1 Å². The number of nitrogens with one attached hydrogen (secondary N) is 3. The molecule has 0 saturated heterocycles. The highest BCUT2D eigenvalue weighted by atomic mass is 32.1. The summed E-state index contributed by atoms with van der Waals surface area (Å²) in [6.45, 7) is 0.316. The SMILES string of the molecule is O=C(NNC(=S)NCc1ccc(F)cc1)c1cc(F)cc(F)c1. The van der Waals surface area contributed by atoms with Crippen molar-refractivity contribution in [3.63, 3.8) is 0 Å². The Hall–Kier alpha value is -2.61. The average molecular weight is 339 g/mol. The highest BCUT2D eigenvalue weighted by Crippen LogP contribution is 2.07. The van der Waals surface area contributed by atoms with Crippen LogP contribution in [0.3, 0.4) is 0 Å². The minimum atomic E-state index is -0.854. The number of amides is 1. The minimum Gasteiger partial charge on any atom is -0.357 e. The molecule has 0 aliphatic heterocycles. The molecule has 4 nitrogen and oxygen atoms in total. The number of hydrazine groups is 1. The van der Waals surface area contributed by atoms with E-state index in [0.717, 1.165) is 17.7 Å². The topological polar surface area (TPSA) is 53.2 Å². The first-order valence-corrected chi connectivity index (χ1v) is 6.89. The maximum atomic E-state index is 13.0. The van der Waals surface area contributed by atoms with Crippen molar-refractivity contribution in [3.8, 4) is 0 Å². The molecule has 0 aromatic heterocycles. The molecule has 0 saturated carbocycles. The highest BCUT2D eigenvalue weighted by Gasteiger charge is 2.09. The third-order valence-corrected chi connectivity index (χ3v) is 3.03. The Bertz CT molecular complexity index is 702. The van der Waals surface area contributed by atoms with Crippen molar-refractivity contribution in [3.05, 3.63) is 71.0 Å². The molecule has 0 bridgehead atoms. The lowest BCUT2D eigenvalue weighted by Gasteiger charge is -2.11. The van der Waals surface area contributed by atoms with E-state index in [1.54, 1.807) is 12.1 Å². The highest BCUT2D eigenvalue weighted by molar-refractivity contribution is 7.80. The second kappa shape index (κ2) is 7.59. The minimum absolute atomic E-state index is 0.0968. The van der Waals surface area contributed by atoms with Gasteiger partial charge in [0.1, 0.15) is 17.5 Å². The zero-order valence-corrected chi connectivity index (χ0v) is 12.5. The van der Waals surface area contributed by atoms with Crippen molar-refractivity contribution < 1.29 is 18.0 Å². The number of rotatable bonds is 3. The number of hydrogen-bond acceptors (Lipinski definition) is 2. The largest absolute Gasteiger partial charge is 0.357 e. The van der Waals surface area contributed by atoms with Gasteiger partial charge in [0.2, 0.25) is 0 Å². The molecule has 0 atom stereocenters. The third-order valence-electron chi connectivity index (χ3n) is 2.78. The number of thiocarbonyl (C=S) groups is 1. The Balaban J connectivity index is 1.81. The molecule has 120 valence electrons. The first-order valence-electron chi connectivity index (χ1n) is 6.49. The molecule has 23 heavy (non-hydrogen) atoms. The summed E-state index contributed by atoms with van der Waals surface area (Å²) in [6, 6.07) is 8.25. The van der Waals surface area contributed by atoms with Crippen LogP contribution in [-0.4, -0.2) is 11.0 Å². The van der Waals surface area contributed by atoms with Gasteiger partial charge in [0.25, 0.3) is 5.91 Å². The number of benzene rings is 2. The van der Waals surface area contributed by atoms with Crippen molar-refractivity contribution in [1.82, 2.24) is 16.2 Å². The lowest BCUT2D eigenvalue weighted by atomic mass is 10.2. The van der Waals surface area contributed by atoms with Gasteiger partial charge in [-0.2, -0.15) is 0 Å². The summed E-state index contributed by atoms with van der Waals surface area (Å²) in [5.74, 6) is -2.79. The van der Waals surface area contributed by atoms with Crippen molar-refractivity contribution in [1.29, 1.82) is 0 Å². The van der Waals surface area contributed by atoms with Crippen LogP contribution in [0.25, 0.3) is 0 Å². The second-order valence-electron chi connectivity index (χ2n) is 4.55.